The molecule has 0 bridgehead atoms. The van der Waals surface area contributed by atoms with Crippen LogP contribution in [-0.4, -0.2) is 43.6 Å². The van der Waals surface area contributed by atoms with Crippen molar-refractivity contribution in [2.75, 3.05) is 0 Å². The van der Waals surface area contributed by atoms with E-state index in [1.807, 2.05) is 0 Å². The number of ether oxygens (including phenoxy) is 1. The number of H-pyrrole nitrogens is 1. The van der Waals surface area contributed by atoms with Gasteiger partial charge in [-0.2, -0.15) is 0 Å². The van der Waals surface area contributed by atoms with Crippen LogP contribution >= 0.6 is 11.6 Å². The lowest BCUT2D eigenvalue weighted by Crippen LogP contribution is -2.56. The van der Waals surface area contributed by atoms with Gasteiger partial charge < -0.3 is 20.7 Å². The van der Waals surface area contributed by atoms with E-state index >= 15 is 0 Å². The number of aryl methyl sites for hydroxylation is 1. The molecule has 8 nitrogen and oxygen atoms in total. The van der Waals surface area contributed by atoms with Crippen molar-refractivity contribution in [2.24, 2.45) is 5.73 Å². The molecule has 120 valence electrons. The number of nitrogens with one attached hydrogen (secondary N) is 1. The van der Waals surface area contributed by atoms with E-state index in [2.05, 4.69) is 16.3 Å². The Hall–Kier alpha value is -1.63. The Balaban J connectivity index is 2.64. The maximum absolute atomic E-state index is 12.1. The summed E-state index contributed by atoms with van der Waals surface area (Å²) in [7, 11) is 0. The van der Waals surface area contributed by atoms with Gasteiger partial charge in [0, 0.05) is 17.1 Å². The van der Waals surface area contributed by atoms with Gasteiger partial charge in [-0.15, -0.1) is 0 Å². The van der Waals surface area contributed by atoms with Crippen molar-refractivity contribution < 1.29 is 14.9 Å². The van der Waals surface area contributed by atoms with Crippen LogP contribution in [0.2, 0.25) is 0 Å². The molecule has 1 aromatic rings. The van der Waals surface area contributed by atoms with Gasteiger partial charge in [0.25, 0.3) is 5.56 Å². The molecule has 5 N–H and O–H groups in total. The number of hydrogen-bond acceptors (Lipinski definition) is 6. The van der Waals surface area contributed by atoms with Crippen LogP contribution in [0, 0.1) is 18.2 Å². The van der Waals surface area contributed by atoms with Crippen LogP contribution in [0.4, 0.5) is 0 Å². The average Bonchev–Trinajstić information content (AvgIpc) is 2.63. The van der Waals surface area contributed by atoms with Crippen molar-refractivity contribution >= 4 is 11.6 Å². The summed E-state index contributed by atoms with van der Waals surface area (Å²) in [4.78, 5) is 25.5. The summed E-state index contributed by atoms with van der Waals surface area (Å²) < 4.78 is 6.61. The lowest BCUT2D eigenvalue weighted by molar-refractivity contribution is -0.0784. The van der Waals surface area contributed by atoms with Gasteiger partial charge in [0.15, 0.2) is 11.8 Å². The van der Waals surface area contributed by atoms with E-state index in [0.29, 0.717) is 0 Å². The summed E-state index contributed by atoms with van der Waals surface area (Å²) in [5.41, 5.74) is 3.30. The van der Waals surface area contributed by atoms with Gasteiger partial charge >= 0.3 is 5.69 Å². The molecule has 0 amide bonds. The van der Waals surface area contributed by atoms with Gasteiger partial charge in [0.1, 0.15) is 12.2 Å². The highest BCUT2D eigenvalue weighted by Crippen LogP contribution is 2.37. The molecule has 2 heterocycles. The number of aliphatic hydroxyl groups excluding tert-OH is 2. The molecule has 22 heavy (non-hydrogen) atoms. The van der Waals surface area contributed by atoms with Gasteiger partial charge in [-0.3, -0.25) is 14.3 Å². The van der Waals surface area contributed by atoms with Crippen LogP contribution < -0.4 is 17.0 Å². The van der Waals surface area contributed by atoms with Gasteiger partial charge in [0.2, 0.25) is 0 Å². The molecule has 0 aliphatic carbocycles. The molecule has 2 rings (SSSR count). The van der Waals surface area contributed by atoms with E-state index in [1.54, 1.807) is 0 Å². The van der Waals surface area contributed by atoms with Crippen LogP contribution in [0.25, 0.3) is 0 Å². The van der Waals surface area contributed by atoms with E-state index in [1.165, 1.54) is 19.9 Å². The summed E-state index contributed by atoms with van der Waals surface area (Å²) in [6, 6.07) is 1.18. The molecule has 1 aromatic heterocycles. The molecule has 0 aromatic carbocycles. The third-order valence-electron chi connectivity index (χ3n) is 3.64. The fraction of sp³-hybridized carbons (Fsp3) is 0.538. The van der Waals surface area contributed by atoms with Gasteiger partial charge in [-0.25, -0.2) is 4.79 Å². The second-order valence-electron chi connectivity index (χ2n) is 5.24. The normalized spacial score (nSPS) is 32.4. The molecule has 1 aliphatic heterocycles. The summed E-state index contributed by atoms with van der Waals surface area (Å²) >= 11 is 5.41. The fourth-order valence-electron chi connectivity index (χ4n) is 2.54. The maximum Gasteiger partial charge on any atom is 0.330 e. The molecular weight excluding hydrogens is 314 g/mol. The number of hydrogen-bond donors (Lipinski definition) is 4. The van der Waals surface area contributed by atoms with Gasteiger partial charge in [0.05, 0.1) is 6.10 Å². The first kappa shape index (κ1) is 16.7. The van der Waals surface area contributed by atoms with E-state index in [0.717, 1.165) is 4.57 Å². The Morgan fingerprint density at radius 1 is 1.59 bits per heavy atom. The SMILES string of the molecule is Cc1cc(=O)[nH]c(=O)n1[C@@H]1O[C@H]([C@@H](C)O)C(O)[C@]1(N)C#CCl. The minimum atomic E-state index is -1.73. The van der Waals surface area contributed by atoms with E-state index in [4.69, 9.17) is 22.1 Å². The van der Waals surface area contributed by atoms with Crippen molar-refractivity contribution in [1.82, 2.24) is 9.55 Å². The van der Waals surface area contributed by atoms with Crippen LogP contribution in [-0.2, 0) is 4.74 Å². The number of aliphatic hydroxyl groups is 2. The molecule has 0 saturated carbocycles. The number of rotatable bonds is 2. The zero-order chi connectivity index (χ0) is 16.7. The Morgan fingerprint density at radius 2 is 2.23 bits per heavy atom. The smallest absolute Gasteiger partial charge is 0.330 e. The third-order valence-corrected chi connectivity index (χ3v) is 3.73. The molecular formula is C13H16ClN3O5. The molecule has 1 saturated heterocycles. The quantitative estimate of drug-likeness (QED) is 0.482. The summed E-state index contributed by atoms with van der Waals surface area (Å²) in [6.07, 6.45) is -4.73. The minimum absolute atomic E-state index is 0.267. The lowest BCUT2D eigenvalue weighted by Gasteiger charge is -2.28. The first-order valence-corrected chi connectivity index (χ1v) is 6.86. The van der Waals surface area contributed by atoms with Crippen molar-refractivity contribution in [2.45, 2.75) is 43.9 Å². The number of nitrogens with two attached hydrogens (primary N) is 1. The van der Waals surface area contributed by atoms with Crippen molar-refractivity contribution in [1.29, 1.82) is 0 Å². The molecule has 5 atom stereocenters. The maximum atomic E-state index is 12.1. The Labute approximate surface area is 130 Å². The second-order valence-corrected chi connectivity index (χ2v) is 5.43. The number of nitrogens with zero attached hydrogens (tertiary/aromatic N) is 1. The molecule has 1 unspecified atom stereocenters. The first-order valence-electron chi connectivity index (χ1n) is 6.48. The summed E-state index contributed by atoms with van der Waals surface area (Å²) in [6.45, 7) is 2.92. The summed E-state index contributed by atoms with van der Waals surface area (Å²) in [5, 5.41) is 22.1. The third kappa shape index (κ3) is 2.58. The van der Waals surface area contributed by atoms with Crippen LogP contribution in [0.3, 0.4) is 0 Å². The molecule has 1 fully saturated rings. The van der Waals surface area contributed by atoms with Gasteiger partial charge in [-0.1, -0.05) is 5.92 Å². The van der Waals surface area contributed by atoms with Crippen molar-refractivity contribution in [3.05, 3.63) is 32.6 Å². The molecule has 0 spiro atoms. The highest BCUT2D eigenvalue weighted by Gasteiger charge is 2.56. The van der Waals surface area contributed by atoms with E-state index in [-0.39, 0.29) is 5.69 Å². The van der Waals surface area contributed by atoms with Crippen LogP contribution in [0.1, 0.15) is 18.8 Å². The Kier molecular flexibility index (Phi) is 4.47. The highest BCUT2D eigenvalue weighted by molar-refractivity contribution is 6.30. The number of aromatic amines is 1. The zero-order valence-electron chi connectivity index (χ0n) is 11.9. The standard InChI is InChI=1S/C13H16ClN3O5/c1-6-5-8(19)16-12(21)17(6)11-13(15,3-4-14)10(20)9(22-11)7(2)18/h5,7,9-11,18,20H,15H2,1-2H3,(H,16,19,21)/t7-,9-,10?,11-,13-/m1/s1. The Bertz CT molecular complexity index is 747. The second kappa shape index (κ2) is 5.87. The van der Waals surface area contributed by atoms with E-state index < -0.39 is 41.3 Å². The molecule has 0 radical (unpaired) electrons. The van der Waals surface area contributed by atoms with Gasteiger partial charge in [-0.05, 0) is 25.4 Å². The fourth-order valence-corrected chi connectivity index (χ4v) is 2.70. The predicted molar refractivity (Wildman–Crippen MR) is 78.2 cm³/mol. The molecule has 9 heteroatoms. The predicted octanol–water partition coefficient (Wildman–Crippen LogP) is -1.62. The molecule has 1 aliphatic rings. The lowest BCUT2D eigenvalue weighted by atomic mass is 9.90. The minimum Gasteiger partial charge on any atom is -0.391 e. The number of halogens is 1. The van der Waals surface area contributed by atoms with Crippen LogP contribution in [0.15, 0.2) is 15.7 Å². The summed E-state index contributed by atoms with van der Waals surface area (Å²) in [5.74, 6) is 2.43. The monoisotopic (exact) mass is 329 g/mol. The zero-order valence-corrected chi connectivity index (χ0v) is 12.7. The average molecular weight is 330 g/mol. The van der Waals surface area contributed by atoms with E-state index in [9.17, 15) is 19.8 Å². The highest BCUT2D eigenvalue weighted by atomic mass is 35.5. The van der Waals surface area contributed by atoms with Crippen molar-refractivity contribution in [3.8, 4) is 11.3 Å². The number of aromatic nitrogens is 2. The topological polar surface area (TPSA) is 131 Å². The first-order chi connectivity index (χ1) is 10.2. The Morgan fingerprint density at radius 3 is 2.73 bits per heavy atom. The van der Waals surface area contributed by atoms with Crippen molar-refractivity contribution in [3.63, 3.8) is 0 Å². The largest absolute Gasteiger partial charge is 0.391 e. The van der Waals surface area contributed by atoms with Crippen LogP contribution in [0.5, 0.6) is 0 Å².